The summed E-state index contributed by atoms with van der Waals surface area (Å²) in [5.41, 5.74) is 3.12. The Kier molecular flexibility index (Phi) is 9.44. The molecule has 0 spiro atoms. The Morgan fingerprint density at radius 3 is 2.27 bits per heavy atom. The second-order valence-corrected chi connectivity index (χ2v) is 10.3. The van der Waals surface area contributed by atoms with Crippen LogP contribution < -0.4 is 10.6 Å². The first kappa shape index (κ1) is 27.9. The molecule has 2 aromatic carbocycles. The fraction of sp³-hybridized carbons (Fsp3) is 0.448. The van der Waals surface area contributed by atoms with E-state index in [2.05, 4.69) is 10.6 Å². The summed E-state index contributed by atoms with van der Waals surface area (Å²) < 4.78 is 0. The van der Waals surface area contributed by atoms with E-state index in [4.69, 9.17) is 0 Å². The summed E-state index contributed by atoms with van der Waals surface area (Å²) in [6, 6.07) is 13.6. The van der Waals surface area contributed by atoms with E-state index in [0.717, 1.165) is 16.8 Å². The van der Waals surface area contributed by atoms with Gasteiger partial charge in [0.15, 0.2) is 0 Å². The van der Waals surface area contributed by atoms with E-state index in [1.54, 1.807) is 21.9 Å². The fourth-order valence-corrected chi connectivity index (χ4v) is 4.72. The van der Waals surface area contributed by atoms with Crippen molar-refractivity contribution in [1.29, 1.82) is 0 Å². The van der Waals surface area contributed by atoms with Crippen molar-refractivity contribution in [3.8, 4) is 0 Å². The standard InChI is InChI=1S/C29H38N4O4/c1-19(2)16-26-28(36)32(21(4)17-22(5)34)14-15-33(26)27(35)18-23-10-12-24(13-11-23)30-29(37)31-25-9-7-6-8-20(25)3/h6-13,19,21,26H,14-18H2,1-5H3,(H2,30,31,37). The smallest absolute Gasteiger partial charge is 0.323 e. The number of aryl methyl sites for hydroxylation is 1. The van der Waals surface area contributed by atoms with Crippen LogP contribution in [0, 0.1) is 12.8 Å². The monoisotopic (exact) mass is 506 g/mol. The van der Waals surface area contributed by atoms with Crippen LogP contribution in [0.5, 0.6) is 0 Å². The van der Waals surface area contributed by atoms with E-state index in [-0.39, 0.29) is 42.0 Å². The van der Waals surface area contributed by atoms with Crippen LogP contribution in [-0.4, -0.2) is 58.6 Å². The molecule has 1 aliphatic heterocycles. The minimum absolute atomic E-state index is 0.0461. The summed E-state index contributed by atoms with van der Waals surface area (Å²) >= 11 is 0. The van der Waals surface area contributed by atoms with Crippen molar-refractivity contribution in [2.75, 3.05) is 23.7 Å². The van der Waals surface area contributed by atoms with E-state index in [0.29, 0.717) is 31.6 Å². The molecule has 3 rings (SSSR count). The molecule has 4 amide bonds. The second kappa shape index (κ2) is 12.5. The number of ketones is 1. The average Bonchev–Trinajstić information content (AvgIpc) is 2.82. The number of hydrogen-bond acceptors (Lipinski definition) is 4. The molecule has 198 valence electrons. The highest BCUT2D eigenvalue weighted by Crippen LogP contribution is 2.23. The first-order valence-corrected chi connectivity index (χ1v) is 12.9. The summed E-state index contributed by atoms with van der Waals surface area (Å²) in [7, 11) is 0. The molecule has 2 atom stereocenters. The van der Waals surface area contributed by atoms with Crippen LogP contribution in [0.4, 0.5) is 16.2 Å². The Balaban J connectivity index is 1.62. The molecule has 0 aliphatic carbocycles. The number of benzene rings is 2. The van der Waals surface area contributed by atoms with Gasteiger partial charge in [-0.2, -0.15) is 0 Å². The van der Waals surface area contributed by atoms with Crippen molar-refractivity contribution >= 4 is 35.0 Å². The number of amides is 4. The molecule has 1 fully saturated rings. The summed E-state index contributed by atoms with van der Waals surface area (Å²) in [5, 5.41) is 5.63. The van der Waals surface area contributed by atoms with Gasteiger partial charge >= 0.3 is 6.03 Å². The molecular formula is C29H38N4O4. The number of carbonyl (C=O) groups is 4. The van der Waals surface area contributed by atoms with Gasteiger partial charge in [-0.25, -0.2) is 4.79 Å². The van der Waals surface area contributed by atoms with Gasteiger partial charge in [0.05, 0.1) is 6.42 Å². The molecule has 8 nitrogen and oxygen atoms in total. The molecule has 1 saturated heterocycles. The zero-order valence-corrected chi connectivity index (χ0v) is 22.4. The summed E-state index contributed by atoms with van der Waals surface area (Å²) in [4.78, 5) is 54.0. The Bertz CT molecular complexity index is 1130. The molecule has 2 aromatic rings. The van der Waals surface area contributed by atoms with E-state index in [9.17, 15) is 19.2 Å². The number of nitrogens with one attached hydrogen (secondary N) is 2. The number of anilines is 2. The molecule has 2 unspecified atom stereocenters. The number of rotatable bonds is 9. The largest absolute Gasteiger partial charge is 0.336 e. The Morgan fingerprint density at radius 1 is 0.973 bits per heavy atom. The number of nitrogens with zero attached hydrogens (tertiary/aromatic N) is 2. The predicted octanol–water partition coefficient (Wildman–Crippen LogP) is 4.63. The maximum atomic E-state index is 13.3. The highest BCUT2D eigenvalue weighted by molar-refractivity contribution is 6.00. The summed E-state index contributed by atoms with van der Waals surface area (Å²) in [6.45, 7) is 10.3. The number of para-hydroxylation sites is 1. The highest BCUT2D eigenvalue weighted by atomic mass is 16.2. The SMILES string of the molecule is CC(=O)CC(C)N1CCN(C(=O)Cc2ccc(NC(=O)Nc3ccccc3C)cc2)C(CC(C)C)C1=O. The van der Waals surface area contributed by atoms with Crippen molar-refractivity contribution in [2.45, 2.75) is 66.0 Å². The van der Waals surface area contributed by atoms with Gasteiger partial charge in [-0.1, -0.05) is 44.2 Å². The molecule has 8 heteroatoms. The van der Waals surface area contributed by atoms with Gasteiger partial charge in [0.1, 0.15) is 11.8 Å². The van der Waals surface area contributed by atoms with Crippen LogP contribution in [0.25, 0.3) is 0 Å². The molecule has 37 heavy (non-hydrogen) atoms. The van der Waals surface area contributed by atoms with E-state index in [1.807, 2.05) is 64.1 Å². The third-order valence-electron chi connectivity index (χ3n) is 6.62. The van der Waals surface area contributed by atoms with Crippen LogP contribution in [0.1, 0.15) is 51.7 Å². The zero-order valence-electron chi connectivity index (χ0n) is 22.4. The minimum Gasteiger partial charge on any atom is -0.336 e. The molecule has 0 aromatic heterocycles. The lowest BCUT2D eigenvalue weighted by atomic mass is 9.96. The maximum Gasteiger partial charge on any atom is 0.323 e. The van der Waals surface area contributed by atoms with E-state index >= 15 is 0 Å². The van der Waals surface area contributed by atoms with Crippen molar-refractivity contribution in [2.24, 2.45) is 5.92 Å². The van der Waals surface area contributed by atoms with Crippen LogP contribution in [-0.2, 0) is 20.8 Å². The third kappa shape index (κ3) is 7.65. The number of urea groups is 1. The van der Waals surface area contributed by atoms with Gasteiger partial charge in [-0.05, 0) is 62.4 Å². The van der Waals surface area contributed by atoms with E-state index in [1.165, 1.54) is 6.92 Å². The van der Waals surface area contributed by atoms with Crippen molar-refractivity contribution in [3.63, 3.8) is 0 Å². The molecular weight excluding hydrogens is 468 g/mol. The summed E-state index contributed by atoms with van der Waals surface area (Å²) in [5.74, 6) is 0.102. The normalized spacial score (nSPS) is 16.5. The molecule has 0 radical (unpaired) electrons. The first-order chi connectivity index (χ1) is 17.5. The lowest BCUT2D eigenvalue weighted by Crippen LogP contribution is -2.61. The van der Waals surface area contributed by atoms with Crippen molar-refractivity contribution < 1.29 is 19.2 Å². The number of carbonyl (C=O) groups excluding carboxylic acids is 4. The van der Waals surface area contributed by atoms with Gasteiger partial charge in [0, 0.05) is 36.9 Å². The molecule has 0 saturated carbocycles. The van der Waals surface area contributed by atoms with Gasteiger partial charge in [-0.15, -0.1) is 0 Å². The number of hydrogen-bond donors (Lipinski definition) is 2. The zero-order chi connectivity index (χ0) is 27.1. The third-order valence-corrected chi connectivity index (χ3v) is 6.62. The van der Waals surface area contributed by atoms with Gasteiger partial charge < -0.3 is 20.4 Å². The average molecular weight is 507 g/mol. The minimum atomic E-state index is -0.526. The van der Waals surface area contributed by atoms with Crippen LogP contribution >= 0.6 is 0 Å². The van der Waals surface area contributed by atoms with Crippen LogP contribution in [0.2, 0.25) is 0 Å². The van der Waals surface area contributed by atoms with E-state index < -0.39 is 6.04 Å². The molecule has 0 bridgehead atoms. The highest BCUT2D eigenvalue weighted by Gasteiger charge is 2.39. The van der Waals surface area contributed by atoms with Crippen LogP contribution in [0.15, 0.2) is 48.5 Å². The molecule has 2 N–H and O–H groups in total. The van der Waals surface area contributed by atoms with Gasteiger partial charge in [0.25, 0.3) is 0 Å². The van der Waals surface area contributed by atoms with Gasteiger partial charge in [-0.3, -0.25) is 14.4 Å². The topological polar surface area (TPSA) is 98.8 Å². The number of piperazine rings is 1. The lowest BCUT2D eigenvalue weighted by molar-refractivity contribution is -0.154. The van der Waals surface area contributed by atoms with Crippen molar-refractivity contribution in [1.82, 2.24) is 9.80 Å². The quantitative estimate of drug-likeness (QED) is 0.518. The fourth-order valence-electron chi connectivity index (χ4n) is 4.72. The second-order valence-electron chi connectivity index (χ2n) is 10.3. The molecule has 1 heterocycles. The number of Topliss-reactive ketones (excluding diaryl/α,β-unsaturated/α-hetero) is 1. The molecule has 1 aliphatic rings. The van der Waals surface area contributed by atoms with Gasteiger partial charge in [0.2, 0.25) is 11.8 Å². The Morgan fingerprint density at radius 2 is 1.65 bits per heavy atom. The summed E-state index contributed by atoms with van der Waals surface area (Å²) in [6.07, 6.45) is 1.06. The first-order valence-electron chi connectivity index (χ1n) is 12.9. The predicted molar refractivity (Wildman–Crippen MR) is 145 cm³/mol. The Labute approximate surface area is 219 Å². The van der Waals surface area contributed by atoms with Crippen molar-refractivity contribution in [3.05, 3.63) is 59.7 Å². The Hall–Kier alpha value is -3.68. The lowest BCUT2D eigenvalue weighted by Gasteiger charge is -2.43. The van der Waals surface area contributed by atoms with Crippen LogP contribution in [0.3, 0.4) is 0 Å². The maximum absolute atomic E-state index is 13.3.